The van der Waals surface area contributed by atoms with Crippen molar-refractivity contribution >= 4 is 23.5 Å². The van der Waals surface area contributed by atoms with E-state index in [9.17, 15) is 13.2 Å². The van der Waals surface area contributed by atoms with E-state index in [0.717, 1.165) is 29.7 Å². The van der Waals surface area contributed by atoms with Gasteiger partial charge in [0.2, 0.25) is 0 Å². The van der Waals surface area contributed by atoms with Crippen molar-refractivity contribution < 1.29 is 13.2 Å². The highest BCUT2D eigenvalue weighted by atomic mass is 35.5. The molecule has 0 aliphatic carbocycles. The lowest BCUT2D eigenvalue weighted by molar-refractivity contribution is 0.585. The first-order valence-corrected chi connectivity index (χ1v) is 8.41. The molecule has 0 bridgehead atoms. The molecule has 0 aromatic heterocycles. The van der Waals surface area contributed by atoms with Gasteiger partial charge in [0.05, 0.1) is 5.69 Å². The van der Waals surface area contributed by atoms with Crippen LogP contribution in [0.15, 0.2) is 65.7 Å². The van der Waals surface area contributed by atoms with Gasteiger partial charge in [-0.2, -0.15) is 0 Å². The van der Waals surface area contributed by atoms with Crippen molar-refractivity contribution in [1.82, 2.24) is 0 Å². The second-order valence-corrected chi connectivity index (χ2v) is 6.24. The Bertz CT molecular complexity index is 936. The average Bonchev–Trinajstić information content (AvgIpc) is 2.61. The van der Waals surface area contributed by atoms with Crippen LogP contribution in [0.25, 0.3) is 0 Å². The maximum atomic E-state index is 13.6. The molecule has 0 saturated carbocycles. The Balaban J connectivity index is 1.68. The van der Waals surface area contributed by atoms with Crippen LogP contribution >= 0.6 is 11.6 Å². The molecule has 3 rings (SSSR count). The van der Waals surface area contributed by atoms with Crippen LogP contribution in [0, 0.1) is 17.5 Å². The predicted molar refractivity (Wildman–Crippen MR) is 98.9 cm³/mol. The summed E-state index contributed by atoms with van der Waals surface area (Å²) in [4.78, 5) is 4.03. The van der Waals surface area contributed by atoms with Crippen molar-refractivity contribution in [2.45, 2.75) is 12.8 Å². The van der Waals surface area contributed by atoms with Crippen molar-refractivity contribution in [3.63, 3.8) is 0 Å². The molecule has 0 fully saturated rings. The summed E-state index contributed by atoms with van der Waals surface area (Å²) >= 11 is 6.31. The number of aryl methyl sites for hydroxylation is 2. The third-order valence-electron chi connectivity index (χ3n) is 3.94. The van der Waals surface area contributed by atoms with Gasteiger partial charge in [-0.3, -0.25) is 4.99 Å². The van der Waals surface area contributed by atoms with Gasteiger partial charge in [0.25, 0.3) is 0 Å². The number of benzene rings is 3. The summed E-state index contributed by atoms with van der Waals surface area (Å²) in [5, 5.41) is 0.579. The van der Waals surface area contributed by atoms with Gasteiger partial charge < -0.3 is 0 Å². The van der Waals surface area contributed by atoms with E-state index in [1.54, 1.807) is 18.2 Å². The van der Waals surface area contributed by atoms with E-state index >= 15 is 0 Å². The molecule has 3 aromatic rings. The summed E-state index contributed by atoms with van der Waals surface area (Å²) in [7, 11) is 0. The molecule has 132 valence electrons. The third kappa shape index (κ3) is 4.73. The van der Waals surface area contributed by atoms with Gasteiger partial charge in [0.1, 0.15) is 11.6 Å². The number of hydrogen-bond acceptors (Lipinski definition) is 1. The van der Waals surface area contributed by atoms with Crippen LogP contribution in [-0.2, 0) is 12.8 Å². The molecular formula is C21H15ClF3N. The zero-order valence-corrected chi connectivity index (χ0v) is 14.5. The van der Waals surface area contributed by atoms with Crippen molar-refractivity contribution in [3.8, 4) is 0 Å². The highest BCUT2D eigenvalue weighted by molar-refractivity contribution is 6.31. The number of nitrogens with zero attached hydrogens (tertiary/aromatic N) is 1. The van der Waals surface area contributed by atoms with Crippen LogP contribution in [0.5, 0.6) is 0 Å². The van der Waals surface area contributed by atoms with E-state index in [0.29, 0.717) is 17.0 Å². The van der Waals surface area contributed by atoms with Crippen molar-refractivity contribution in [1.29, 1.82) is 0 Å². The Kier molecular flexibility index (Phi) is 5.74. The first-order valence-electron chi connectivity index (χ1n) is 8.03. The summed E-state index contributed by atoms with van der Waals surface area (Å²) in [6, 6.07) is 15.1. The fraction of sp³-hybridized carbons (Fsp3) is 0.0952. The molecule has 0 aliphatic heterocycles. The molecule has 0 amide bonds. The Hall–Kier alpha value is -2.59. The standard InChI is InChI=1S/C21H15ClF3N/c22-19-11-15(13-26-21-10-9-18(24)12-20(21)25)2-6-16(19)5-1-14-3-7-17(23)8-4-14/h2-4,6-13H,1,5H2. The molecule has 5 heteroatoms. The normalized spacial score (nSPS) is 11.2. The molecule has 0 aliphatic rings. The van der Waals surface area contributed by atoms with Gasteiger partial charge in [0, 0.05) is 17.3 Å². The van der Waals surface area contributed by atoms with Gasteiger partial charge in [-0.15, -0.1) is 0 Å². The lowest BCUT2D eigenvalue weighted by atomic mass is 10.0. The van der Waals surface area contributed by atoms with Gasteiger partial charge in [0.15, 0.2) is 5.82 Å². The molecule has 0 saturated heterocycles. The third-order valence-corrected chi connectivity index (χ3v) is 4.29. The molecule has 26 heavy (non-hydrogen) atoms. The SMILES string of the molecule is Fc1ccc(CCc2ccc(C=Nc3ccc(F)cc3F)cc2Cl)cc1. The summed E-state index contributed by atoms with van der Waals surface area (Å²) in [5.41, 5.74) is 2.76. The topological polar surface area (TPSA) is 12.4 Å². The monoisotopic (exact) mass is 373 g/mol. The van der Waals surface area contributed by atoms with E-state index in [-0.39, 0.29) is 11.5 Å². The molecule has 0 N–H and O–H groups in total. The minimum Gasteiger partial charge on any atom is -0.253 e. The molecular weight excluding hydrogens is 359 g/mol. The van der Waals surface area contributed by atoms with Crippen molar-refractivity contribution in [2.75, 3.05) is 0 Å². The second-order valence-electron chi connectivity index (χ2n) is 5.83. The lowest BCUT2D eigenvalue weighted by Gasteiger charge is -2.06. The van der Waals surface area contributed by atoms with Gasteiger partial charge in [-0.25, -0.2) is 13.2 Å². The first kappa shape index (κ1) is 18.2. The summed E-state index contributed by atoms with van der Waals surface area (Å²) in [5.74, 6) is -1.62. The van der Waals surface area contributed by atoms with Gasteiger partial charge in [-0.05, 0) is 59.9 Å². The van der Waals surface area contributed by atoms with Crippen LogP contribution < -0.4 is 0 Å². The van der Waals surface area contributed by atoms with E-state index < -0.39 is 11.6 Å². The molecule has 0 heterocycles. The Morgan fingerprint density at radius 3 is 2.23 bits per heavy atom. The van der Waals surface area contributed by atoms with Crippen LogP contribution in [0.4, 0.5) is 18.9 Å². The Labute approximate surface area is 154 Å². The van der Waals surface area contributed by atoms with E-state index in [1.807, 2.05) is 12.1 Å². The van der Waals surface area contributed by atoms with Gasteiger partial charge in [-0.1, -0.05) is 35.9 Å². The number of aliphatic imine (C=N–C) groups is 1. The Morgan fingerprint density at radius 1 is 0.808 bits per heavy atom. The molecule has 0 unspecified atom stereocenters. The molecule has 3 aromatic carbocycles. The highest BCUT2D eigenvalue weighted by Crippen LogP contribution is 2.21. The highest BCUT2D eigenvalue weighted by Gasteiger charge is 2.04. The zero-order chi connectivity index (χ0) is 18.5. The number of rotatable bonds is 5. The summed E-state index contributed by atoms with van der Waals surface area (Å²) in [6.07, 6.45) is 2.94. The first-order chi connectivity index (χ1) is 12.5. The fourth-order valence-corrected chi connectivity index (χ4v) is 2.79. The second kappa shape index (κ2) is 8.19. The Morgan fingerprint density at radius 2 is 1.54 bits per heavy atom. The lowest BCUT2D eigenvalue weighted by Crippen LogP contribution is -1.94. The molecule has 1 nitrogen and oxygen atoms in total. The summed E-state index contributed by atoms with van der Waals surface area (Å²) in [6.45, 7) is 0. The smallest absolute Gasteiger partial charge is 0.151 e. The van der Waals surface area contributed by atoms with E-state index in [2.05, 4.69) is 4.99 Å². The van der Waals surface area contributed by atoms with E-state index in [4.69, 9.17) is 11.6 Å². The molecule has 0 atom stereocenters. The maximum absolute atomic E-state index is 13.6. The quantitative estimate of drug-likeness (QED) is 0.466. The van der Waals surface area contributed by atoms with Crippen LogP contribution in [0.2, 0.25) is 5.02 Å². The number of hydrogen-bond donors (Lipinski definition) is 0. The predicted octanol–water partition coefficient (Wildman–Crippen LogP) is 6.29. The van der Waals surface area contributed by atoms with Crippen LogP contribution in [0.3, 0.4) is 0 Å². The molecule has 0 radical (unpaired) electrons. The fourth-order valence-electron chi connectivity index (χ4n) is 2.51. The van der Waals surface area contributed by atoms with Crippen molar-refractivity contribution in [3.05, 3.63) is 99.8 Å². The van der Waals surface area contributed by atoms with Crippen LogP contribution in [-0.4, -0.2) is 6.21 Å². The average molecular weight is 374 g/mol. The maximum Gasteiger partial charge on any atom is 0.151 e. The number of halogens is 4. The van der Waals surface area contributed by atoms with Crippen molar-refractivity contribution in [2.24, 2.45) is 4.99 Å². The summed E-state index contributed by atoms with van der Waals surface area (Å²) < 4.78 is 39.4. The largest absolute Gasteiger partial charge is 0.253 e. The minimum absolute atomic E-state index is 0.0582. The minimum atomic E-state index is -0.719. The zero-order valence-electron chi connectivity index (χ0n) is 13.7. The van der Waals surface area contributed by atoms with E-state index in [1.165, 1.54) is 24.4 Å². The van der Waals surface area contributed by atoms with Gasteiger partial charge >= 0.3 is 0 Å². The van der Waals surface area contributed by atoms with Crippen LogP contribution in [0.1, 0.15) is 16.7 Å². The molecule has 0 spiro atoms.